The molecule has 120 valence electrons. The Balaban J connectivity index is 2.44. The zero-order valence-corrected chi connectivity index (χ0v) is 13.4. The largest absolute Gasteiger partial charge is 0.505 e. The van der Waals surface area contributed by atoms with E-state index in [4.69, 9.17) is 5.11 Å². The fourth-order valence-electron chi connectivity index (χ4n) is 1.70. The first-order valence-electron chi connectivity index (χ1n) is 6.42. The highest BCUT2D eigenvalue weighted by Crippen LogP contribution is 2.15. The lowest BCUT2D eigenvalue weighted by Gasteiger charge is -2.11. The van der Waals surface area contributed by atoms with Crippen molar-refractivity contribution >= 4 is 27.8 Å². The van der Waals surface area contributed by atoms with Crippen LogP contribution >= 0.6 is 15.9 Å². The summed E-state index contributed by atoms with van der Waals surface area (Å²) in [7, 11) is 0. The molecule has 0 aliphatic heterocycles. The van der Waals surface area contributed by atoms with Crippen molar-refractivity contribution in [1.82, 2.24) is 15.1 Å². The third-order valence-electron chi connectivity index (χ3n) is 2.92. The number of carboxylic acid groups (broad SMARTS) is 1. The molecule has 1 amide bonds. The molecule has 1 aromatic carbocycles. The Morgan fingerprint density at radius 2 is 1.91 bits per heavy atom. The highest BCUT2D eigenvalue weighted by atomic mass is 79.9. The van der Waals surface area contributed by atoms with E-state index in [9.17, 15) is 19.5 Å². The van der Waals surface area contributed by atoms with Crippen LogP contribution in [0.3, 0.4) is 0 Å². The molecule has 0 aliphatic carbocycles. The lowest BCUT2D eigenvalue weighted by molar-refractivity contribution is -0.138. The first kappa shape index (κ1) is 16.7. The number of rotatable bonds is 4. The van der Waals surface area contributed by atoms with E-state index in [0.717, 1.165) is 15.2 Å². The number of benzene rings is 1. The van der Waals surface area contributed by atoms with E-state index in [0.29, 0.717) is 5.69 Å². The van der Waals surface area contributed by atoms with Crippen molar-refractivity contribution in [3.05, 3.63) is 50.9 Å². The van der Waals surface area contributed by atoms with Crippen LogP contribution < -0.4 is 10.9 Å². The SMILES string of the molecule is CC(NC(=O)c1nn(-c2ccc(Br)cc2)c(=O)cc1O)C(=O)O. The Morgan fingerprint density at radius 1 is 1.30 bits per heavy atom. The number of carboxylic acids is 1. The highest BCUT2D eigenvalue weighted by molar-refractivity contribution is 9.10. The molecule has 2 aromatic rings. The third-order valence-corrected chi connectivity index (χ3v) is 3.44. The molecular formula is C14H12BrN3O5. The van der Waals surface area contributed by atoms with Crippen LogP contribution in [0.4, 0.5) is 0 Å². The molecule has 0 saturated carbocycles. The first-order valence-corrected chi connectivity index (χ1v) is 7.22. The molecule has 9 heteroatoms. The molecule has 1 unspecified atom stereocenters. The number of amides is 1. The maximum absolute atomic E-state index is 12.0. The van der Waals surface area contributed by atoms with Gasteiger partial charge in [0.15, 0.2) is 11.4 Å². The van der Waals surface area contributed by atoms with E-state index in [1.165, 1.54) is 6.92 Å². The number of nitrogens with zero attached hydrogens (tertiary/aromatic N) is 2. The minimum absolute atomic E-state index is 0.388. The van der Waals surface area contributed by atoms with Gasteiger partial charge >= 0.3 is 5.97 Å². The molecule has 3 N–H and O–H groups in total. The average Bonchev–Trinajstić information content (AvgIpc) is 2.48. The molecule has 0 saturated heterocycles. The number of aliphatic carboxylic acids is 1. The number of hydrogen-bond donors (Lipinski definition) is 3. The van der Waals surface area contributed by atoms with Crippen LogP contribution in [0.25, 0.3) is 5.69 Å². The summed E-state index contributed by atoms with van der Waals surface area (Å²) in [5.41, 5.74) is -0.688. The van der Waals surface area contributed by atoms with Gasteiger partial charge in [0.25, 0.3) is 11.5 Å². The minimum atomic E-state index is -1.24. The van der Waals surface area contributed by atoms with Crippen LogP contribution in [-0.2, 0) is 4.79 Å². The van der Waals surface area contributed by atoms with Gasteiger partial charge in [0, 0.05) is 10.5 Å². The Bertz CT molecular complexity index is 816. The number of halogens is 1. The summed E-state index contributed by atoms with van der Waals surface area (Å²) in [6, 6.07) is 6.23. The monoisotopic (exact) mass is 381 g/mol. The lowest BCUT2D eigenvalue weighted by atomic mass is 10.2. The van der Waals surface area contributed by atoms with E-state index in [-0.39, 0.29) is 0 Å². The zero-order valence-electron chi connectivity index (χ0n) is 11.9. The van der Waals surface area contributed by atoms with E-state index in [2.05, 4.69) is 26.3 Å². The molecule has 1 atom stereocenters. The van der Waals surface area contributed by atoms with Gasteiger partial charge in [0.1, 0.15) is 6.04 Å². The zero-order chi connectivity index (χ0) is 17.1. The van der Waals surface area contributed by atoms with Gasteiger partial charge in [-0.25, -0.2) is 0 Å². The van der Waals surface area contributed by atoms with Gasteiger partial charge in [0.05, 0.1) is 5.69 Å². The van der Waals surface area contributed by atoms with Gasteiger partial charge in [-0.05, 0) is 31.2 Å². The predicted octanol–water partition coefficient (Wildman–Crippen LogP) is 0.904. The molecule has 2 rings (SSSR count). The van der Waals surface area contributed by atoms with Crippen molar-refractivity contribution in [3.8, 4) is 11.4 Å². The van der Waals surface area contributed by atoms with Crippen molar-refractivity contribution in [2.45, 2.75) is 13.0 Å². The second kappa shape index (κ2) is 6.61. The van der Waals surface area contributed by atoms with Gasteiger partial charge in [-0.2, -0.15) is 9.78 Å². The third kappa shape index (κ3) is 3.75. The summed E-state index contributed by atoms with van der Waals surface area (Å²) in [6.45, 7) is 1.27. The number of aromatic nitrogens is 2. The van der Waals surface area contributed by atoms with E-state index >= 15 is 0 Å². The minimum Gasteiger partial charge on any atom is -0.505 e. The number of hydrogen-bond acceptors (Lipinski definition) is 5. The molecule has 0 fully saturated rings. The topological polar surface area (TPSA) is 122 Å². The van der Waals surface area contributed by atoms with Crippen LogP contribution in [0.5, 0.6) is 5.75 Å². The summed E-state index contributed by atoms with van der Waals surface area (Å²) >= 11 is 3.26. The van der Waals surface area contributed by atoms with Crippen molar-refractivity contribution < 1.29 is 19.8 Å². The second-order valence-corrected chi connectivity index (χ2v) is 5.55. The predicted molar refractivity (Wildman–Crippen MR) is 83.8 cm³/mol. The van der Waals surface area contributed by atoms with E-state index in [1.54, 1.807) is 24.3 Å². The van der Waals surface area contributed by atoms with Crippen molar-refractivity contribution in [1.29, 1.82) is 0 Å². The smallest absolute Gasteiger partial charge is 0.325 e. The Kier molecular flexibility index (Phi) is 4.80. The first-order chi connectivity index (χ1) is 10.8. The maximum atomic E-state index is 12.0. The van der Waals surface area contributed by atoms with Crippen molar-refractivity contribution in [2.24, 2.45) is 0 Å². The number of aromatic hydroxyl groups is 1. The molecule has 0 aliphatic rings. The molecule has 0 spiro atoms. The van der Waals surface area contributed by atoms with Gasteiger partial charge in [-0.3, -0.25) is 14.4 Å². The lowest BCUT2D eigenvalue weighted by Crippen LogP contribution is -2.39. The normalized spacial score (nSPS) is 11.7. The molecule has 8 nitrogen and oxygen atoms in total. The van der Waals surface area contributed by atoms with E-state index < -0.39 is 34.9 Å². The van der Waals surface area contributed by atoms with Crippen LogP contribution in [0.1, 0.15) is 17.4 Å². The average molecular weight is 382 g/mol. The standard InChI is InChI=1S/C14H12BrN3O5/c1-7(14(22)23)16-13(21)12-10(19)6-11(20)18(17-12)9-4-2-8(15)3-5-9/h2-7,19H,1H3,(H,16,21)(H,22,23). The molecule has 0 bridgehead atoms. The molecule has 0 radical (unpaired) electrons. The fourth-order valence-corrected chi connectivity index (χ4v) is 1.97. The number of carbonyl (C=O) groups is 2. The van der Waals surface area contributed by atoms with E-state index in [1.807, 2.05) is 0 Å². The summed E-state index contributed by atoms with van der Waals surface area (Å²) in [5, 5.41) is 24.5. The number of nitrogens with one attached hydrogen (secondary N) is 1. The molecule has 1 aromatic heterocycles. The highest BCUT2D eigenvalue weighted by Gasteiger charge is 2.21. The summed E-state index contributed by atoms with van der Waals surface area (Å²) < 4.78 is 1.73. The van der Waals surface area contributed by atoms with Crippen LogP contribution in [0.15, 0.2) is 39.6 Å². The van der Waals surface area contributed by atoms with Crippen molar-refractivity contribution in [2.75, 3.05) is 0 Å². The van der Waals surface area contributed by atoms with Crippen LogP contribution in [-0.4, -0.2) is 37.9 Å². The Labute approximate surface area is 138 Å². The van der Waals surface area contributed by atoms with Crippen LogP contribution in [0.2, 0.25) is 0 Å². The summed E-state index contributed by atoms with van der Waals surface area (Å²) in [5.74, 6) is -2.76. The van der Waals surface area contributed by atoms with Gasteiger partial charge in [-0.1, -0.05) is 15.9 Å². The Hall–Kier alpha value is -2.68. The molecule has 1 heterocycles. The number of carbonyl (C=O) groups excluding carboxylic acids is 1. The molecular weight excluding hydrogens is 370 g/mol. The Morgan fingerprint density at radius 3 is 2.48 bits per heavy atom. The quantitative estimate of drug-likeness (QED) is 0.723. The second-order valence-electron chi connectivity index (χ2n) is 4.64. The molecule has 23 heavy (non-hydrogen) atoms. The summed E-state index contributed by atoms with van der Waals surface area (Å²) in [6.07, 6.45) is 0. The van der Waals surface area contributed by atoms with Gasteiger partial charge in [0.2, 0.25) is 0 Å². The summed E-state index contributed by atoms with van der Waals surface area (Å²) in [4.78, 5) is 34.7. The van der Waals surface area contributed by atoms with Crippen LogP contribution in [0, 0.1) is 0 Å². The van der Waals surface area contributed by atoms with Gasteiger partial charge in [-0.15, -0.1) is 0 Å². The van der Waals surface area contributed by atoms with Gasteiger partial charge < -0.3 is 15.5 Å². The fraction of sp³-hybridized carbons (Fsp3) is 0.143. The maximum Gasteiger partial charge on any atom is 0.325 e. The van der Waals surface area contributed by atoms with Crippen molar-refractivity contribution in [3.63, 3.8) is 0 Å².